The van der Waals surface area contributed by atoms with Crippen LogP contribution in [0, 0.1) is 6.92 Å². The number of rotatable bonds is 7. The van der Waals surface area contributed by atoms with Gasteiger partial charge in [-0.25, -0.2) is 0 Å². The largest absolute Gasteiger partial charge is 0.490 e. The number of thioether (sulfide) groups is 1. The average Bonchev–Trinajstić information content (AvgIpc) is 2.93. The molecule has 0 spiro atoms. The van der Waals surface area contributed by atoms with E-state index in [1.54, 1.807) is 7.05 Å². The molecular weight excluding hydrogens is 402 g/mol. The number of hydrogen-bond donors (Lipinski definition) is 0. The van der Waals surface area contributed by atoms with Crippen molar-refractivity contribution in [2.75, 3.05) is 20.3 Å². The van der Waals surface area contributed by atoms with Crippen LogP contribution in [0.3, 0.4) is 0 Å². The van der Waals surface area contributed by atoms with Crippen molar-refractivity contribution in [1.29, 1.82) is 0 Å². The van der Waals surface area contributed by atoms with Crippen molar-refractivity contribution in [3.8, 4) is 11.5 Å². The molecule has 0 unspecified atom stereocenters. The van der Waals surface area contributed by atoms with E-state index in [0.29, 0.717) is 28.4 Å². The Balaban J connectivity index is 1.53. The summed E-state index contributed by atoms with van der Waals surface area (Å²) in [6, 6.07) is 13.9. The third-order valence-electron chi connectivity index (χ3n) is 4.57. The molecule has 0 aromatic heterocycles. The van der Waals surface area contributed by atoms with Crippen LogP contribution in [0.2, 0.25) is 0 Å². The summed E-state index contributed by atoms with van der Waals surface area (Å²) in [7, 11) is 1.69. The lowest BCUT2D eigenvalue weighted by Crippen LogP contribution is -2.22. The van der Waals surface area contributed by atoms with Gasteiger partial charge in [0.05, 0.1) is 4.91 Å². The SMILES string of the molecule is Cc1ccc(C(C)C)c(OCCOc2ccc(/C=C3/SC(=S)N(C)C3=O)cc2)c1. The highest BCUT2D eigenvalue weighted by atomic mass is 32.2. The van der Waals surface area contributed by atoms with E-state index in [0.717, 1.165) is 17.1 Å². The first-order valence-corrected chi connectivity index (χ1v) is 10.8. The van der Waals surface area contributed by atoms with Crippen molar-refractivity contribution in [3.05, 3.63) is 64.1 Å². The van der Waals surface area contributed by atoms with Crippen LogP contribution in [0.1, 0.15) is 36.5 Å². The lowest BCUT2D eigenvalue weighted by molar-refractivity contribution is -0.121. The predicted octanol–water partition coefficient (Wildman–Crippen LogP) is 5.41. The fourth-order valence-electron chi connectivity index (χ4n) is 2.91. The molecule has 6 heteroatoms. The molecule has 2 aromatic carbocycles. The number of benzene rings is 2. The Morgan fingerprint density at radius 3 is 2.41 bits per heavy atom. The van der Waals surface area contributed by atoms with E-state index in [2.05, 4.69) is 39.0 Å². The molecular formula is C23H25NO3S2. The van der Waals surface area contributed by atoms with Crippen molar-refractivity contribution in [1.82, 2.24) is 4.90 Å². The molecule has 4 nitrogen and oxygen atoms in total. The number of amides is 1. The Labute approximate surface area is 181 Å². The molecule has 1 aliphatic rings. The molecule has 0 aliphatic carbocycles. The summed E-state index contributed by atoms with van der Waals surface area (Å²) in [5.74, 6) is 2.04. The van der Waals surface area contributed by atoms with E-state index in [4.69, 9.17) is 21.7 Å². The van der Waals surface area contributed by atoms with Crippen LogP contribution in [-0.4, -0.2) is 35.4 Å². The third kappa shape index (κ3) is 5.40. The summed E-state index contributed by atoms with van der Waals surface area (Å²) >= 11 is 6.47. The first-order chi connectivity index (χ1) is 13.8. The lowest BCUT2D eigenvalue weighted by Gasteiger charge is -2.15. The number of thiocarbonyl (C=S) groups is 1. The molecule has 0 N–H and O–H groups in total. The van der Waals surface area contributed by atoms with Crippen LogP contribution in [0.25, 0.3) is 6.08 Å². The number of hydrogen-bond acceptors (Lipinski definition) is 5. The predicted molar refractivity (Wildman–Crippen MR) is 124 cm³/mol. The summed E-state index contributed by atoms with van der Waals surface area (Å²) in [5, 5.41) is 0. The quantitative estimate of drug-likeness (QED) is 0.336. The standard InChI is InChI=1S/C23H25NO3S2/c1-15(2)19-10-5-16(3)13-20(19)27-12-11-26-18-8-6-17(7-9-18)14-21-22(25)24(4)23(28)29-21/h5-10,13-15H,11-12H2,1-4H3/b21-14+. The van der Waals surface area contributed by atoms with Gasteiger partial charge in [-0.1, -0.05) is 62.1 Å². The number of carbonyl (C=O) groups excluding carboxylic acids is 1. The highest BCUT2D eigenvalue weighted by molar-refractivity contribution is 8.26. The van der Waals surface area contributed by atoms with Gasteiger partial charge in [-0.3, -0.25) is 9.69 Å². The second-order valence-electron chi connectivity index (χ2n) is 7.20. The first kappa shape index (κ1) is 21.4. The number of aryl methyl sites for hydroxylation is 1. The minimum absolute atomic E-state index is 0.0607. The fourth-order valence-corrected chi connectivity index (χ4v) is 4.09. The van der Waals surface area contributed by atoms with Crippen molar-refractivity contribution in [3.63, 3.8) is 0 Å². The van der Waals surface area contributed by atoms with Crippen LogP contribution in [0.5, 0.6) is 11.5 Å². The van der Waals surface area contributed by atoms with Crippen LogP contribution >= 0.6 is 24.0 Å². The molecule has 0 atom stereocenters. The van der Waals surface area contributed by atoms with Crippen molar-refractivity contribution < 1.29 is 14.3 Å². The first-order valence-electron chi connectivity index (χ1n) is 9.53. The highest BCUT2D eigenvalue weighted by Gasteiger charge is 2.28. The van der Waals surface area contributed by atoms with Crippen LogP contribution in [0.15, 0.2) is 47.4 Å². The molecule has 1 aliphatic heterocycles. The van der Waals surface area contributed by atoms with Gasteiger partial charge in [-0.2, -0.15) is 0 Å². The minimum atomic E-state index is -0.0607. The molecule has 3 rings (SSSR count). The van der Waals surface area contributed by atoms with Gasteiger partial charge >= 0.3 is 0 Å². The minimum Gasteiger partial charge on any atom is -0.490 e. The molecule has 1 amide bonds. The zero-order chi connectivity index (χ0) is 21.0. The highest BCUT2D eigenvalue weighted by Crippen LogP contribution is 2.31. The Morgan fingerprint density at radius 1 is 1.10 bits per heavy atom. The summed E-state index contributed by atoms with van der Waals surface area (Å²) < 4.78 is 12.3. The number of carbonyl (C=O) groups is 1. The van der Waals surface area contributed by atoms with Gasteiger partial charge in [0, 0.05) is 7.05 Å². The summed E-state index contributed by atoms with van der Waals surface area (Å²) in [6.07, 6.45) is 1.85. The molecule has 0 radical (unpaired) electrons. The van der Waals surface area contributed by atoms with E-state index in [-0.39, 0.29) is 5.91 Å². The fraction of sp³-hybridized carbons (Fsp3) is 0.304. The second-order valence-corrected chi connectivity index (χ2v) is 8.88. The van der Waals surface area contributed by atoms with Gasteiger partial charge in [0.25, 0.3) is 5.91 Å². The molecule has 1 heterocycles. The Hall–Kier alpha value is -2.31. The molecule has 0 saturated carbocycles. The van der Waals surface area contributed by atoms with E-state index >= 15 is 0 Å². The molecule has 152 valence electrons. The number of likely N-dealkylation sites (N-methyl/N-ethyl adjacent to an activating group) is 1. The van der Waals surface area contributed by atoms with Crippen LogP contribution in [-0.2, 0) is 4.79 Å². The maximum absolute atomic E-state index is 12.1. The Bertz CT molecular complexity index is 936. The van der Waals surface area contributed by atoms with Gasteiger partial charge in [0.1, 0.15) is 29.0 Å². The van der Waals surface area contributed by atoms with Crippen molar-refractivity contribution in [2.24, 2.45) is 0 Å². The van der Waals surface area contributed by atoms with Gasteiger partial charge in [0.15, 0.2) is 0 Å². The second kappa shape index (κ2) is 9.46. The number of ether oxygens (including phenoxy) is 2. The topological polar surface area (TPSA) is 38.8 Å². The monoisotopic (exact) mass is 427 g/mol. The third-order valence-corrected chi connectivity index (χ3v) is 6.05. The van der Waals surface area contributed by atoms with Crippen molar-refractivity contribution in [2.45, 2.75) is 26.7 Å². The van der Waals surface area contributed by atoms with E-state index < -0.39 is 0 Å². The van der Waals surface area contributed by atoms with E-state index in [1.807, 2.05) is 30.3 Å². The van der Waals surface area contributed by atoms with Gasteiger partial charge in [-0.15, -0.1) is 0 Å². The molecule has 2 aromatic rings. The Kier molecular flexibility index (Phi) is 6.98. The molecule has 1 saturated heterocycles. The maximum atomic E-state index is 12.1. The zero-order valence-corrected chi connectivity index (χ0v) is 18.7. The van der Waals surface area contributed by atoms with Crippen LogP contribution < -0.4 is 9.47 Å². The average molecular weight is 428 g/mol. The summed E-state index contributed by atoms with van der Waals surface area (Å²) in [5.41, 5.74) is 3.32. The van der Waals surface area contributed by atoms with Crippen LogP contribution in [0.4, 0.5) is 0 Å². The summed E-state index contributed by atoms with van der Waals surface area (Å²) in [4.78, 5) is 14.2. The smallest absolute Gasteiger partial charge is 0.265 e. The van der Waals surface area contributed by atoms with E-state index in [1.165, 1.54) is 27.8 Å². The van der Waals surface area contributed by atoms with Gasteiger partial charge in [0.2, 0.25) is 0 Å². The Morgan fingerprint density at radius 2 is 1.79 bits per heavy atom. The zero-order valence-electron chi connectivity index (χ0n) is 17.1. The maximum Gasteiger partial charge on any atom is 0.265 e. The molecule has 29 heavy (non-hydrogen) atoms. The van der Waals surface area contributed by atoms with E-state index in [9.17, 15) is 4.79 Å². The molecule has 0 bridgehead atoms. The van der Waals surface area contributed by atoms with Gasteiger partial charge in [-0.05, 0) is 53.8 Å². The normalized spacial score (nSPS) is 15.5. The van der Waals surface area contributed by atoms with Gasteiger partial charge < -0.3 is 9.47 Å². The molecule has 1 fully saturated rings. The van der Waals surface area contributed by atoms with Crippen molar-refractivity contribution >= 4 is 40.3 Å². The lowest BCUT2D eigenvalue weighted by atomic mass is 10.0. The number of nitrogens with zero attached hydrogens (tertiary/aromatic N) is 1. The summed E-state index contributed by atoms with van der Waals surface area (Å²) in [6.45, 7) is 7.32.